The Balaban J connectivity index is 0.000000810. The molecule has 0 unspecified atom stereocenters. The molecule has 0 saturated carbocycles. The minimum absolute atomic E-state index is 0. The van der Waals surface area contributed by atoms with E-state index in [1.54, 1.807) is 25.3 Å². The van der Waals surface area contributed by atoms with Gasteiger partial charge in [-0.1, -0.05) is 12.1 Å². The molecule has 0 atom stereocenters. The first kappa shape index (κ1) is 9.70. The zero-order valence-corrected chi connectivity index (χ0v) is 8.16. The molecule has 0 spiro atoms. The predicted molar refractivity (Wildman–Crippen MR) is 35.7 cm³/mol. The molecule has 2 nitrogen and oxygen atoms in total. The van der Waals surface area contributed by atoms with Crippen LogP contribution < -0.4 is 0 Å². The molecule has 52 valence electrons. The first-order valence-corrected chi connectivity index (χ1v) is 2.72. The van der Waals surface area contributed by atoms with Gasteiger partial charge in [-0.05, 0) is 6.07 Å². The van der Waals surface area contributed by atoms with E-state index in [4.69, 9.17) is 5.11 Å². The van der Waals surface area contributed by atoms with E-state index in [-0.39, 0.29) is 32.0 Å². The van der Waals surface area contributed by atoms with E-state index >= 15 is 0 Å². The van der Waals surface area contributed by atoms with Gasteiger partial charge in [-0.3, -0.25) is 0 Å². The maximum absolute atomic E-state index is 9.02. The average molecular weight is 216 g/mol. The largest absolute Gasteiger partial charge is 0.582 e. The predicted octanol–water partition coefficient (Wildman–Crippen LogP) is 1.26. The van der Waals surface area contributed by atoms with Crippen molar-refractivity contribution in [3.8, 4) is 11.5 Å². The smallest absolute Gasteiger partial charge is 0.297 e. The Morgan fingerprint density at radius 2 is 1.90 bits per heavy atom. The number of phenols is 1. The Morgan fingerprint density at radius 3 is 2.30 bits per heavy atom. The van der Waals surface area contributed by atoms with Gasteiger partial charge in [0.2, 0.25) is 5.75 Å². The van der Waals surface area contributed by atoms with E-state index in [1.807, 2.05) is 6.07 Å². The molecule has 0 amide bonds. The van der Waals surface area contributed by atoms with Gasteiger partial charge in [-0.2, -0.15) is 0 Å². The van der Waals surface area contributed by atoms with Crippen LogP contribution in [0.25, 0.3) is 0 Å². The maximum atomic E-state index is 9.02. The van der Waals surface area contributed by atoms with E-state index in [9.17, 15) is 0 Å². The first-order valence-electron chi connectivity index (χ1n) is 2.72. The Hall–Kier alpha value is -0.297. The summed E-state index contributed by atoms with van der Waals surface area (Å²) in [5.41, 5.74) is 0. The molecule has 0 aliphatic rings. The summed E-state index contributed by atoms with van der Waals surface area (Å²) < 4.78 is 3.82. The number of hydrogen-bond acceptors (Lipinski definition) is 1. The van der Waals surface area contributed by atoms with Gasteiger partial charge in [0, 0.05) is 32.3 Å². The van der Waals surface area contributed by atoms with Crippen molar-refractivity contribution in [3.63, 3.8) is 0 Å². The third kappa shape index (κ3) is 2.14. The molecule has 0 aliphatic carbocycles. The van der Waals surface area contributed by atoms with Crippen molar-refractivity contribution >= 4 is 0 Å². The van der Waals surface area contributed by atoms with Crippen LogP contribution in [0.2, 0.25) is 0 Å². The van der Waals surface area contributed by atoms with Crippen molar-refractivity contribution in [1.82, 2.24) is 0 Å². The van der Waals surface area contributed by atoms with Crippen LogP contribution in [0.4, 0.5) is 0 Å². The standard InChI is InChI=1S/C7H8O2.Zr/c1-9-7-5-3-2-4-6(7)8;/h2-5,8H,1H3;/p+1. The van der Waals surface area contributed by atoms with Crippen molar-refractivity contribution in [1.29, 1.82) is 0 Å². The second-order valence-corrected chi connectivity index (χ2v) is 1.71. The van der Waals surface area contributed by atoms with Gasteiger partial charge in [0.05, 0.1) is 0 Å². The van der Waals surface area contributed by atoms with Crippen molar-refractivity contribution in [2.45, 2.75) is 0 Å². The number of rotatable bonds is 1. The summed E-state index contributed by atoms with van der Waals surface area (Å²) in [7, 11) is 1.65. The van der Waals surface area contributed by atoms with E-state index in [0.717, 1.165) is 0 Å². The number of aliphatic hydroxyl groups is 1. The Bertz CT molecular complexity index is 201. The van der Waals surface area contributed by atoms with E-state index < -0.39 is 0 Å². The van der Waals surface area contributed by atoms with Crippen molar-refractivity contribution in [2.24, 2.45) is 0 Å². The number of ether oxygens (including phenoxy) is 1. The minimum atomic E-state index is 0. The van der Waals surface area contributed by atoms with Crippen LogP contribution in [-0.4, -0.2) is 17.0 Å². The maximum Gasteiger partial charge on any atom is 0.297 e. The molecule has 2 N–H and O–H groups in total. The van der Waals surface area contributed by atoms with Crippen LogP contribution >= 0.6 is 0 Å². The van der Waals surface area contributed by atoms with Crippen LogP contribution in [0.5, 0.6) is 11.5 Å². The van der Waals surface area contributed by atoms with Gasteiger partial charge in [-0.25, -0.2) is 0 Å². The molecule has 0 saturated heterocycles. The van der Waals surface area contributed by atoms with Crippen molar-refractivity contribution in [2.75, 3.05) is 7.11 Å². The van der Waals surface area contributed by atoms with E-state index in [2.05, 4.69) is 4.74 Å². The summed E-state index contributed by atoms with van der Waals surface area (Å²) in [6, 6.07) is 6.98. The van der Waals surface area contributed by atoms with E-state index in [0.29, 0.717) is 5.75 Å². The molecule has 1 rings (SSSR count). The van der Waals surface area contributed by atoms with Crippen LogP contribution in [0, 0.1) is 0 Å². The Labute approximate surface area is 79.0 Å². The molecular formula is C7H9O2Zr+. The fraction of sp³-hybridized carbons (Fsp3) is 0.143. The van der Waals surface area contributed by atoms with Crippen LogP contribution in [-0.2, 0) is 26.2 Å². The molecule has 1 aromatic rings. The van der Waals surface area contributed by atoms with Crippen LogP contribution in [0.15, 0.2) is 24.3 Å². The number of aromatic hydroxyl groups is 2. The zero-order valence-electron chi connectivity index (χ0n) is 5.70. The quantitative estimate of drug-likeness (QED) is 0.556. The summed E-state index contributed by atoms with van der Waals surface area (Å²) in [6.07, 6.45) is 0. The number of hydrogen-bond donors (Lipinski definition) is 1. The molecule has 0 fully saturated rings. The molecule has 10 heavy (non-hydrogen) atoms. The molecule has 1 aromatic carbocycles. The number of phenolic OH excluding ortho intramolecular Hbond substituents is 1. The van der Waals surface area contributed by atoms with Crippen molar-refractivity contribution in [3.05, 3.63) is 24.3 Å². The number of benzene rings is 1. The molecule has 0 bridgehead atoms. The van der Waals surface area contributed by atoms with Gasteiger partial charge in [0.25, 0.3) is 5.75 Å². The normalized spacial score (nSPS) is 8.10. The van der Waals surface area contributed by atoms with Gasteiger partial charge < -0.3 is 9.84 Å². The fourth-order valence-corrected chi connectivity index (χ4v) is 0.653. The molecule has 3 heteroatoms. The van der Waals surface area contributed by atoms with Gasteiger partial charge in [0.15, 0.2) is 7.11 Å². The summed E-state index contributed by atoms with van der Waals surface area (Å²) in [5.74, 6) is 0.873. The van der Waals surface area contributed by atoms with Gasteiger partial charge >= 0.3 is 0 Å². The number of para-hydroxylation sites is 2. The van der Waals surface area contributed by atoms with Crippen LogP contribution in [0.3, 0.4) is 0 Å². The average Bonchev–Trinajstić information content (AvgIpc) is 1.89. The van der Waals surface area contributed by atoms with Crippen LogP contribution in [0.1, 0.15) is 0 Å². The second kappa shape index (κ2) is 4.51. The van der Waals surface area contributed by atoms with E-state index in [1.165, 1.54) is 0 Å². The Kier molecular flexibility index (Phi) is 4.37. The zero-order chi connectivity index (χ0) is 6.69. The Morgan fingerprint density at radius 1 is 1.30 bits per heavy atom. The molecule has 0 heterocycles. The van der Waals surface area contributed by atoms with Crippen molar-refractivity contribution < 1.29 is 36.0 Å². The topological polar surface area (TPSA) is 33.0 Å². The molecule has 0 radical (unpaired) electrons. The third-order valence-corrected chi connectivity index (χ3v) is 1.12. The molecule has 0 aliphatic heterocycles. The summed E-state index contributed by atoms with van der Waals surface area (Å²) in [6.45, 7) is 0. The summed E-state index contributed by atoms with van der Waals surface area (Å²) >= 11 is 0. The molecule has 0 aromatic heterocycles. The summed E-state index contributed by atoms with van der Waals surface area (Å²) in [4.78, 5) is 0. The minimum Gasteiger partial charge on any atom is -0.582 e. The van der Waals surface area contributed by atoms with Gasteiger partial charge in [-0.15, -0.1) is 0 Å². The van der Waals surface area contributed by atoms with Gasteiger partial charge in [0.1, 0.15) is 0 Å². The monoisotopic (exact) mass is 215 g/mol. The SMILES string of the molecule is C[OH+]c1ccccc1O.[Zr]. The first-order chi connectivity index (χ1) is 4.34. The third-order valence-electron chi connectivity index (χ3n) is 1.12. The second-order valence-electron chi connectivity index (χ2n) is 1.71. The summed E-state index contributed by atoms with van der Waals surface area (Å²) in [5, 5.41) is 9.02. The fourth-order valence-electron chi connectivity index (χ4n) is 0.653. The molecular weight excluding hydrogens is 207 g/mol.